The van der Waals surface area contributed by atoms with Crippen LogP contribution in [0.4, 0.5) is 13.2 Å². The summed E-state index contributed by atoms with van der Waals surface area (Å²) in [5.74, 6) is -2.61. The summed E-state index contributed by atoms with van der Waals surface area (Å²) >= 11 is 0. The highest BCUT2D eigenvalue weighted by Crippen LogP contribution is 2.42. The Labute approximate surface area is 119 Å². The highest BCUT2D eigenvalue weighted by atomic mass is 19.4. The molecule has 0 aliphatic heterocycles. The molecule has 1 aromatic carbocycles. The Morgan fingerprint density at radius 1 is 1.38 bits per heavy atom. The van der Waals surface area contributed by atoms with Gasteiger partial charge in [0.05, 0.1) is 6.61 Å². The molecule has 0 spiro atoms. The minimum absolute atomic E-state index is 0.0530. The molecule has 0 aromatic heterocycles. The Morgan fingerprint density at radius 3 is 2.57 bits per heavy atom. The number of rotatable bonds is 6. The Bertz CT molecular complexity index is 536. The van der Waals surface area contributed by atoms with Crippen LogP contribution in [0.2, 0.25) is 0 Å². The number of carboxylic acid groups (broad SMARTS) is 1. The van der Waals surface area contributed by atoms with Crippen molar-refractivity contribution in [2.24, 2.45) is 0 Å². The van der Waals surface area contributed by atoms with Crippen LogP contribution in [0.3, 0.4) is 0 Å². The lowest BCUT2D eigenvalue weighted by molar-refractivity contribution is -0.139. The van der Waals surface area contributed by atoms with Crippen molar-refractivity contribution in [3.8, 4) is 11.5 Å². The molecule has 1 rings (SSSR count). The van der Waals surface area contributed by atoms with Gasteiger partial charge in [-0.2, -0.15) is 13.2 Å². The van der Waals surface area contributed by atoms with Gasteiger partial charge in [-0.1, -0.05) is 13.3 Å². The quantitative estimate of drug-likeness (QED) is 0.621. The van der Waals surface area contributed by atoms with Crippen molar-refractivity contribution in [3.05, 3.63) is 29.3 Å². The van der Waals surface area contributed by atoms with Crippen LogP contribution in [-0.2, 0) is 11.0 Å². The number of phenolic OH excluding ortho intramolecular Hbond substituents is 1. The van der Waals surface area contributed by atoms with Crippen molar-refractivity contribution in [2.45, 2.75) is 25.9 Å². The molecule has 7 heteroatoms. The van der Waals surface area contributed by atoms with E-state index < -0.39 is 29.2 Å². The molecule has 0 saturated carbocycles. The van der Waals surface area contributed by atoms with Gasteiger partial charge in [0.15, 0.2) is 11.5 Å². The molecular weight excluding hydrogens is 289 g/mol. The monoisotopic (exact) mass is 304 g/mol. The summed E-state index contributed by atoms with van der Waals surface area (Å²) in [6, 6.07) is 1.76. The van der Waals surface area contributed by atoms with Gasteiger partial charge in [0.25, 0.3) is 0 Å². The fraction of sp³-hybridized carbons (Fsp3) is 0.357. The number of hydrogen-bond acceptors (Lipinski definition) is 3. The van der Waals surface area contributed by atoms with E-state index >= 15 is 0 Å². The summed E-state index contributed by atoms with van der Waals surface area (Å²) in [6.07, 6.45) is -1.77. The van der Waals surface area contributed by atoms with Crippen molar-refractivity contribution < 1.29 is 32.9 Å². The van der Waals surface area contributed by atoms with Gasteiger partial charge in [-0.3, -0.25) is 0 Å². The maximum absolute atomic E-state index is 13.0. The fourth-order valence-corrected chi connectivity index (χ4v) is 1.58. The summed E-state index contributed by atoms with van der Waals surface area (Å²) in [4.78, 5) is 10.4. The lowest BCUT2D eigenvalue weighted by Gasteiger charge is -2.16. The number of alkyl halides is 3. The van der Waals surface area contributed by atoms with E-state index in [4.69, 9.17) is 9.84 Å². The number of ether oxygens (including phenoxy) is 1. The Balaban J connectivity index is 3.21. The number of aliphatic carboxylic acids is 1. The standard InChI is InChI=1S/C14H15F3O4/c1-2-3-6-21-13-10(14(15,16)17)7-9(8-11(13)18)4-5-12(19)20/h4-5,7-8,18H,2-3,6H2,1H3,(H,19,20)/b5-4+. The lowest BCUT2D eigenvalue weighted by atomic mass is 10.1. The van der Waals surface area contributed by atoms with Gasteiger partial charge in [-0.25, -0.2) is 4.79 Å². The number of aromatic hydroxyl groups is 1. The van der Waals surface area contributed by atoms with Gasteiger partial charge in [0.2, 0.25) is 0 Å². The SMILES string of the molecule is CCCCOc1c(O)cc(/C=C/C(=O)O)cc1C(F)(F)F. The van der Waals surface area contributed by atoms with Crippen LogP contribution in [0.15, 0.2) is 18.2 Å². The van der Waals surface area contributed by atoms with Crippen molar-refractivity contribution in [2.75, 3.05) is 6.61 Å². The highest BCUT2D eigenvalue weighted by Gasteiger charge is 2.36. The molecular formula is C14H15F3O4. The van der Waals surface area contributed by atoms with Crippen LogP contribution < -0.4 is 4.74 Å². The maximum atomic E-state index is 13.0. The Kier molecular flexibility index (Phi) is 5.63. The second-order valence-electron chi connectivity index (χ2n) is 4.29. The molecule has 0 radical (unpaired) electrons. The first-order chi connectivity index (χ1) is 9.75. The van der Waals surface area contributed by atoms with E-state index in [1.807, 2.05) is 6.92 Å². The summed E-state index contributed by atoms with van der Waals surface area (Å²) in [5.41, 5.74) is -1.21. The zero-order valence-corrected chi connectivity index (χ0v) is 11.3. The van der Waals surface area contributed by atoms with Crippen molar-refractivity contribution in [1.29, 1.82) is 0 Å². The molecule has 116 valence electrons. The first-order valence-corrected chi connectivity index (χ1v) is 6.23. The van der Waals surface area contributed by atoms with Crippen LogP contribution in [0.1, 0.15) is 30.9 Å². The van der Waals surface area contributed by atoms with Crippen LogP contribution in [0, 0.1) is 0 Å². The molecule has 0 aliphatic carbocycles. The molecule has 21 heavy (non-hydrogen) atoms. The Morgan fingerprint density at radius 2 is 2.05 bits per heavy atom. The normalized spacial score (nSPS) is 11.8. The van der Waals surface area contributed by atoms with E-state index in [9.17, 15) is 23.1 Å². The number of carbonyl (C=O) groups is 1. The second-order valence-corrected chi connectivity index (χ2v) is 4.29. The van der Waals surface area contributed by atoms with E-state index in [1.165, 1.54) is 0 Å². The summed E-state index contributed by atoms with van der Waals surface area (Å²) in [6.45, 7) is 1.91. The fourth-order valence-electron chi connectivity index (χ4n) is 1.58. The molecule has 4 nitrogen and oxygen atoms in total. The van der Waals surface area contributed by atoms with E-state index in [1.54, 1.807) is 0 Å². The largest absolute Gasteiger partial charge is 0.504 e. The van der Waals surface area contributed by atoms with Gasteiger partial charge >= 0.3 is 12.1 Å². The number of phenols is 1. The average Bonchev–Trinajstić information content (AvgIpc) is 2.37. The topological polar surface area (TPSA) is 66.8 Å². The van der Waals surface area contributed by atoms with Gasteiger partial charge in [0, 0.05) is 6.08 Å². The number of halogens is 3. The van der Waals surface area contributed by atoms with Crippen molar-refractivity contribution in [1.82, 2.24) is 0 Å². The number of unbranched alkanes of at least 4 members (excludes halogenated alkanes) is 1. The minimum Gasteiger partial charge on any atom is -0.504 e. The molecule has 0 amide bonds. The van der Waals surface area contributed by atoms with E-state index in [0.717, 1.165) is 24.6 Å². The maximum Gasteiger partial charge on any atom is 0.420 e. The van der Waals surface area contributed by atoms with Gasteiger partial charge in [-0.15, -0.1) is 0 Å². The third-order valence-electron chi connectivity index (χ3n) is 2.56. The number of benzene rings is 1. The van der Waals surface area contributed by atoms with Crippen LogP contribution >= 0.6 is 0 Å². The molecule has 0 heterocycles. The minimum atomic E-state index is -4.72. The molecule has 0 unspecified atom stereocenters. The smallest absolute Gasteiger partial charge is 0.420 e. The van der Waals surface area contributed by atoms with Gasteiger partial charge < -0.3 is 14.9 Å². The van der Waals surface area contributed by atoms with E-state index in [-0.39, 0.29) is 12.2 Å². The van der Waals surface area contributed by atoms with E-state index in [2.05, 4.69) is 0 Å². The number of hydrogen-bond donors (Lipinski definition) is 2. The Hall–Kier alpha value is -2.18. The molecule has 2 N–H and O–H groups in total. The zero-order valence-electron chi connectivity index (χ0n) is 11.3. The average molecular weight is 304 g/mol. The first-order valence-electron chi connectivity index (χ1n) is 6.23. The van der Waals surface area contributed by atoms with Crippen LogP contribution in [-0.4, -0.2) is 22.8 Å². The molecule has 0 atom stereocenters. The van der Waals surface area contributed by atoms with Gasteiger partial charge in [0.1, 0.15) is 5.56 Å². The van der Waals surface area contributed by atoms with Crippen molar-refractivity contribution in [3.63, 3.8) is 0 Å². The summed E-state index contributed by atoms with van der Waals surface area (Å²) in [7, 11) is 0. The summed E-state index contributed by atoms with van der Waals surface area (Å²) in [5, 5.41) is 18.2. The van der Waals surface area contributed by atoms with Crippen LogP contribution in [0.5, 0.6) is 11.5 Å². The molecule has 0 aliphatic rings. The third kappa shape index (κ3) is 5.02. The number of carboxylic acids is 1. The third-order valence-corrected chi connectivity index (χ3v) is 2.56. The molecule has 1 aromatic rings. The molecule has 0 bridgehead atoms. The van der Waals surface area contributed by atoms with E-state index in [0.29, 0.717) is 12.5 Å². The summed E-state index contributed by atoms with van der Waals surface area (Å²) < 4.78 is 44.0. The zero-order chi connectivity index (χ0) is 16.0. The van der Waals surface area contributed by atoms with Crippen LogP contribution in [0.25, 0.3) is 6.08 Å². The first kappa shape index (κ1) is 16.9. The highest BCUT2D eigenvalue weighted by molar-refractivity contribution is 5.85. The lowest BCUT2D eigenvalue weighted by Crippen LogP contribution is -2.10. The second kappa shape index (κ2) is 7.01. The van der Waals surface area contributed by atoms with Gasteiger partial charge in [-0.05, 0) is 30.2 Å². The molecule has 0 saturated heterocycles. The molecule has 0 fully saturated rings. The predicted octanol–water partition coefficient (Wildman–Crippen LogP) is 3.69. The van der Waals surface area contributed by atoms with Crippen molar-refractivity contribution >= 4 is 12.0 Å². The predicted molar refractivity (Wildman–Crippen MR) is 70.2 cm³/mol.